The van der Waals surface area contributed by atoms with Crippen LogP contribution in [-0.2, 0) is 11.2 Å². The third kappa shape index (κ3) is 3.82. The lowest BCUT2D eigenvalue weighted by atomic mass is 10.1. The average Bonchev–Trinajstić information content (AvgIpc) is 2.44. The van der Waals surface area contributed by atoms with Crippen molar-refractivity contribution in [2.24, 2.45) is 0 Å². The highest BCUT2D eigenvalue weighted by atomic mass is 16.5. The highest BCUT2D eigenvalue weighted by Crippen LogP contribution is 2.21. The van der Waals surface area contributed by atoms with E-state index in [0.717, 1.165) is 23.9 Å². The molecule has 2 rings (SSSR count). The van der Waals surface area contributed by atoms with E-state index in [1.807, 2.05) is 13.1 Å². The Hall–Kier alpha value is -2.34. The summed E-state index contributed by atoms with van der Waals surface area (Å²) in [5.74, 6) is 0. The highest BCUT2D eigenvalue weighted by molar-refractivity contribution is 5.89. The summed E-state index contributed by atoms with van der Waals surface area (Å²) >= 11 is 0. The summed E-state index contributed by atoms with van der Waals surface area (Å²) in [6.45, 7) is 2.79. The van der Waals surface area contributed by atoms with Gasteiger partial charge in [-0.3, -0.25) is 5.32 Å². The second kappa shape index (κ2) is 6.90. The van der Waals surface area contributed by atoms with Gasteiger partial charge in [0.1, 0.15) is 5.58 Å². The highest BCUT2D eigenvalue weighted by Gasteiger charge is 2.08. The maximum absolute atomic E-state index is 11.6. The van der Waals surface area contributed by atoms with E-state index in [2.05, 4.69) is 10.6 Å². The zero-order valence-electron chi connectivity index (χ0n) is 12.1. The predicted molar refractivity (Wildman–Crippen MR) is 80.8 cm³/mol. The number of fused-ring (bicyclic) bond motifs is 1. The smallest absolute Gasteiger partial charge is 0.411 e. The van der Waals surface area contributed by atoms with E-state index in [4.69, 9.17) is 9.15 Å². The number of amides is 1. The molecule has 1 amide bonds. The van der Waals surface area contributed by atoms with Gasteiger partial charge in [0.2, 0.25) is 0 Å². The molecular weight excluding hydrogens is 272 g/mol. The summed E-state index contributed by atoms with van der Waals surface area (Å²) in [7, 11) is 1.86. The Morgan fingerprint density at radius 2 is 2.14 bits per heavy atom. The van der Waals surface area contributed by atoms with E-state index < -0.39 is 11.7 Å². The fourth-order valence-electron chi connectivity index (χ4n) is 2.06. The maximum atomic E-state index is 11.6. The second-order valence-electron chi connectivity index (χ2n) is 4.50. The number of carbonyl (C=O) groups excluding carboxylic acids is 1. The third-order valence-electron chi connectivity index (χ3n) is 3.00. The molecule has 0 spiro atoms. The number of rotatable bonds is 5. The summed E-state index contributed by atoms with van der Waals surface area (Å²) in [4.78, 5) is 23.0. The molecule has 6 heteroatoms. The fourth-order valence-corrected chi connectivity index (χ4v) is 2.06. The molecule has 1 aromatic carbocycles. The Morgan fingerprint density at radius 3 is 2.86 bits per heavy atom. The predicted octanol–water partition coefficient (Wildman–Crippen LogP) is 2.12. The molecule has 6 nitrogen and oxygen atoms in total. The lowest BCUT2D eigenvalue weighted by molar-refractivity contribution is 0.168. The Kier molecular flexibility index (Phi) is 4.94. The monoisotopic (exact) mass is 290 g/mol. The van der Waals surface area contributed by atoms with Gasteiger partial charge in [-0.1, -0.05) is 0 Å². The first-order valence-corrected chi connectivity index (χ1v) is 6.79. The summed E-state index contributed by atoms with van der Waals surface area (Å²) in [5, 5.41) is 6.49. The number of carbonyl (C=O) groups is 1. The lowest BCUT2D eigenvalue weighted by Gasteiger charge is -2.08. The fraction of sp³-hybridized carbons (Fsp3) is 0.333. The molecule has 0 saturated carbocycles. The summed E-state index contributed by atoms with van der Waals surface area (Å²) in [5.41, 5.74) is 1.48. The standard InChI is InChI=1S/C15H18N2O4/c1-3-20-15(19)17-11-4-5-12-10(6-7-16-2)8-14(18)21-13(12)9-11/h4-5,8-9,16H,3,6-7H2,1-2H3,(H,17,19). The van der Waals surface area contributed by atoms with Gasteiger partial charge < -0.3 is 14.5 Å². The Labute approximate surface area is 122 Å². The van der Waals surface area contributed by atoms with Crippen molar-refractivity contribution >= 4 is 22.7 Å². The van der Waals surface area contributed by atoms with E-state index in [1.54, 1.807) is 19.1 Å². The second-order valence-corrected chi connectivity index (χ2v) is 4.50. The molecule has 0 saturated heterocycles. The maximum Gasteiger partial charge on any atom is 0.411 e. The molecule has 0 atom stereocenters. The first-order valence-electron chi connectivity index (χ1n) is 6.79. The van der Waals surface area contributed by atoms with Gasteiger partial charge in [0.25, 0.3) is 0 Å². The Bertz CT molecular complexity index is 694. The molecule has 1 heterocycles. The molecule has 0 radical (unpaired) electrons. The van der Waals surface area contributed by atoms with Crippen LogP contribution in [0.5, 0.6) is 0 Å². The van der Waals surface area contributed by atoms with Crippen molar-refractivity contribution in [1.29, 1.82) is 0 Å². The zero-order valence-corrected chi connectivity index (χ0v) is 12.1. The minimum atomic E-state index is -0.537. The van der Waals surface area contributed by atoms with Crippen LogP contribution in [0.2, 0.25) is 0 Å². The number of anilines is 1. The normalized spacial score (nSPS) is 10.6. The number of benzene rings is 1. The molecular formula is C15H18N2O4. The van der Waals surface area contributed by atoms with Crippen LogP contribution < -0.4 is 16.3 Å². The first-order chi connectivity index (χ1) is 10.1. The molecule has 0 fully saturated rings. The molecule has 0 aliphatic carbocycles. The number of hydrogen-bond acceptors (Lipinski definition) is 5. The van der Waals surface area contributed by atoms with Crippen molar-refractivity contribution in [3.63, 3.8) is 0 Å². The molecule has 0 unspecified atom stereocenters. The minimum absolute atomic E-state index is 0.294. The molecule has 2 aromatic rings. The third-order valence-corrected chi connectivity index (χ3v) is 3.00. The van der Waals surface area contributed by atoms with Gasteiger partial charge in [0.15, 0.2) is 0 Å². The van der Waals surface area contributed by atoms with Crippen LogP contribution in [0.25, 0.3) is 11.0 Å². The van der Waals surface area contributed by atoms with Crippen molar-refractivity contribution in [3.05, 3.63) is 40.2 Å². The van der Waals surface area contributed by atoms with E-state index in [-0.39, 0.29) is 0 Å². The van der Waals surface area contributed by atoms with Gasteiger partial charge in [-0.15, -0.1) is 0 Å². The lowest BCUT2D eigenvalue weighted by Crippen LogP contribution is -2.14. The van der Waals surface area contributed by atoms with Crippen molar-refractivity contribution in [3.8, 4) is 0 Å². The Balaban J connectivity index is 2.34. The van der Waals surface area contributed by atoms with E-state index in [1.165, 1.54) is 6.07 Å². The van der Waals surface area contributed by atoms with Gasteiger partial charge in [0.05, 0.1) is 6.61 Å². The molecule has 2 N–H and O–H groups in total. The average molecular weight is 290 g/mol. The van der Waals surface area contributed by atoms with Crippen molar-refractivity contribution in [2.75, 3.05) is 25.5 Å². The van der Waals surface area contributed by atoms with Crippen LogP contribution in [0.4, 0.5) is 10.5 Å². The quantitative estimate of drug-likeness (QED) is 0.824. The topological polar surface area (TPSA) is 80.6 Å². The summed E-state index contributed by atoms with van der Waals surface area (Å²) in [6.07, 6.45) is 0.189. The zero-order chi connectivity index (χ0) is 15.2. The van der Waals surface area contributed by atoms with Crippen LogP contribution in [0.15, 0.2) is 33.5 Å². The first kappa shape index (κ1) is 15.1. The van der Waals surface area contributed by atoms with Crippen LogP contribution in [0.3, 0.4) is 0 Å². The van der Waals surface area contributed by atoms with E-state index >= 15 is 0 Å². The van der Waals surface area contributed by atoms with Gasteiger partial charge >= 0.3 is 11.7 Å². The minimum Gasteiger partial charge on any atom is -0.450 e. The number of nitrogens with one attached hydrogen (secondary N) is 2. The van der Waals surface area contributed by atoms with Crippen LogP contribution >= 0.6 is 0 Å². The van der Waals surface area contributed by atoms with Gasteiger partial charge in [-0.25, -0.2) is 9.59 Å². The number of ether oxygens (including phenoxy) is 1. The van der Waals surface area contributed by atoms with Crippen LogP contribution in [0.1, 0.15) is 12.5 Å². The molecule has 0 aliphatic rings. The van der Waals surface area contributed by atoms with Crippen molar-refractivity contribution < 1.29 is 13.9 Å². The molecule has 1 aromatic heterocycles. The van der Waals surface area contributed by atoms with Crippen molar-refractivity contribution in [2.45, 2.75) is 13.3 Å². The van der Waals surface area contributed by atoms with Crippen molar-refractivity contribution in [1.82, 2.24) is 5.32 Å². The summed E-state index contributed by atoms with van der Waals surface area (Å²) in [6, 6.07) is 6.70. The molecule has 21 heavy (non-hydrogen) atoms. The SMILES string of the molecule is CCOC(=O)Nc1ccc2c(CCNC)cc(=O)oc2c1. The Morgan fingerprint density at radius 1 is 1.33 bits per heavy atom. The number of hydrogen-bond donors (Lipinski definition) is 2. The van der Waals surface area contributed by atoms with E-state index in [9.17, 15) is 9.59 Å². The molecule has 0 bridgehead atoms. The van der Waals surface area contributed by atoms with Crippen LogP contribution in [-0.4, -0.2) is 26.3 Å². The number of likely N-dealkylation sites (N-methyl/N-ethyl adjacent to an activating group) is 1. The van der Waals surface area contributed by atoms with Gasteiger partial charge in [0, 0.05) is 23.2 Å². The molecule has 0 aliphatic heterocycles. The largest absolute Gasteiger partial charge is 0.450 e. The van der Waals surface area contributed by atoms with Crippen LogP contribution in [0, 0.1) is 0 Å². The van der Waals surface area contributed by atoms with E-state index in [0.29, 0.717) is 17.9 Å². The summed E-state index contributed by atoms with van der Waals surface area (Å²) < 4.78 is 10.0. The van der Waals surface area contributed by atoms with Gasteiger partial charge in [-0.2, -0.15) is 0 Å². The van der Waals surface area contributed by atoms with Gasteiger partial charge in [-0.05, 0) is 44.6 Å². The molecule has 112 valence electrons.